The Labute approximate surface area is 116 Å². The molecule has 0 aliphatic rings. The Morgan fingerprint density at radius 3 is 2.78 bits per heavy atom. The summed E-state index contributed by atoms with van der Waals surface area (Å²) in [6, 6.07) is 6.21. The van der Waals surface area contributed by atoms with E-state index in [2.05, 4.69) is 63.0 Å². The van der Waals surface area contributed by atoms with Crippen LogP contribution in [0.4, 0.5) is 11.6 Å². The minimum Gasteiger partial charge on any atom is -0.325 e. The van der Waals surface area contributed by atoms with Crippen LogP contribution in [0.2, 0.25) is 0 Å². The summed E-state index contributed by atoms with van der Waals surface area (Å²) >= 11 is 3.48. The highest BCUT2D eigenvalue weighted by atomic mass is 79.9. The van der Waals surface area contributed by atoms with Crippen LogP contribution in [-0.4, -0.2) is 9.55 Å². The quantitative estimate of drug-likeness (QED) is 0.906. The molecule has 0 amide bonds. The van der Waals surface area contributed by atoms with Crippen LogP contribution in [0.15, 0.2) is 28.9 Å². The van der Waals surface area contributed by atoms with Gasteiger partial charge in [-0.2, -0.15) is 0 Å². The molecule has 0 atom stereocenters. The molecule has 0 radical (unpaired) electrons. The van der Waals surface area contributed by atoms with Gasteiger partial charge in [-0.05, 0) is 44.0 Å². The lowest BCUT2D eigenvalue weighted by Gasteiger charge is -2.11. The number of imidazole rings is 1. The van der Waals surface area contributed by atoms with Gasteiger partial charge >= 0.3 is 0 Å². The van der Waals surface area contributed by atoms with Crippen LogP contribution in [0.25, 0.3) is 0 Å². The van der Waals surface area contributed by atoms with Crippen molar-refractivity contribution in [2.45, 2.75) is 33.7 Å². The Hall–Kier alpha value is -1.29. The summed E-state index contributed by atoms with van der Waals surface area (Å²) in [5.74, 6) is 0.916. The van der Waals surface area contributed by atoms with Crippen LogP contribution >= 0.6 is 15.9 Å². The fraction of sp³-hybridized carbons (Fsp3) is 0.357. The molecule has 1 N–H and O–H groups in total. The number of nitrogens with zero attached hydrogens (tertiary/aromatic N) is 2. The minimum atomic E-state index is 0.916. The van der Waals surface area contributed by atoms with Gasteiger partial charge < -0.3 is 9.88 Å². The summed E-state index contributed by atoms with van der Waals surface area (Å²) in [5.41, 5.74) is 3.34. The van der Waals surface area contributed by atoms with Crippen LogP contribution < -0.4 is 5.32 Å². The van der Waals surface area contributed by atoms with Gasteiger partial charge in [0, 0.05) is 22.9 Å². The number of anilines is 2. The maximum absolute atomic E-state index is 4.53. The fourth-order valence-electron chi connectivity index (χ4n) is 1.95. The highest BCUT2D eigenvalue weighted by Gasteiger charge is 2.06. The Bertz CT molecular complexity index is 546. The lowest BCUT2D eigenvalue weighted by Crippen LogP contribution is -2.03. The molecule has 0 bridgehead atoms. The molecule has 4 heteroatoms. The largest absolute Gasteiger partial charge is 0.325 e. The Morgan fingerprint density at radius 2 is 2.11 bits per heavy atom. The van der Waals surface area contributed by atoms with Gasteiger partial charge in [0.15, 0.2) is 0 Å². The number of rotatable bonds is 4. The molecule has 2 rings (SSSR count). The second-order valence-electron chi connectivity index (χ2n) is 4.48. The second-order valence-corrected chi connectivity index (χ2v) is 5.40. The van der Waals surface area contributed by atoms with Crippen molar-refractivity contribution in [1.29, 1.82) is 0 Å². The zero-order valence-electron chi connectivity index (χ0n) is 11.0. The first-order valence-electron chi connectivity index (χ1n) is 6.17. The van der Waals surface area contributed by atoms with Crippen molar-refractivity contribution in [2.75, 3.05) is 5.32 Å². The van der Waals surface area contributed by atoms with Gasteiger partial charge in [0.2, 0.25) is 5.95 Å². The molecule has 96 valence electrons. The third-order valence-electron chi connectivity index (χ3n) is 2.80. The first-order valence-corrected chi connectivity index (χ1v) is 6.96. The highest BCUT2D eigenvalue weighted by molar-refractivity contribution is 9.10. The number of nitrogens with one attached hydrogen (secondary N) is 1. The molecule has 0 spiro atoms. The number of hydrogen-bond donors (Lipinski definition) is 1. The molecule has 2 aromatic rings. The summed E-state index contributed by atoms with van der Waals surface area (Å²) in [5, 5.41) is 3.40. The highest BCUT2D eigenvalue weighted by Crippen LogP contribution is 2.23. The molecule has 1 aromatic carbocycles. The summed E-state index contributed by atoms with van der Waals surface area (Å²) < 4.78 is 3.26. The SMILES string of the molecule is CCCn1cc(C)nc1Nc1ccc(Br)cc1C. The zero-order valence-corrected chi connectivity index (χ0v) is 12.6. The standard InChI is InChI=1S/C14H18BrN3/c1-4-7-18-9-11(3)16-14(18)17-13-6-5-12(15)8-10(13)2/h5-6,8-9H,4,7H2,1-3H3,(H,16,17). The van der Waals surface area contributed by atoms with E-state index in [0.717, 1.165) is 34.8 Å². The Balaban J connectivity index is 2.27. The average Bonchev–Trinajstić information content (AvgIpc) is 2.64. The van der Waals surface area contributed by atoms with E-state index in [4.69, 9.17) is 0 Å². The van der Waals surface area contributed by atoms with Gasteiger partial charge in [0.25, 0.3) is 0 Å². The molecule has 0 fully saturated rings. The number of benzene rings is 1. The number of aryl methyl sites for hydroxylation is 3. The molecule has 0 saturated heterocycles. The molecule has 1 aromatic heterocycles. The van der Waals surface area contributed by atoms with Gasteiger partial charge in [-0.25, -0.2) is 4.98 Å². The van der Waals surface area contributed by atoms with E-state index in [1.165, 1.54) is 5.56 Å². The first-order chi connectivity index (χ1) is 8.60. The lowest BCUT2D eigenvalue weighted by atomic mass is 10.2. The van der Waals surface area contributed by atoms with E-state index in [0.29, 0.717) is 0 Å². The monoisotopic (exact) mass is 307 g/mol. The van der Waals surface area contributed by atoms with Crippen LogP contribution in [-0.2, 0) is 6.54 Å². The molecule has 1 heterocycles. The number of halogens is 1. The van der Waals surface area contributed by atoms with E-state index in [1.807, 2.05) is 13.0 Å². The normalized spacial score (nSPS) is 10.7. The van der Waals surface area contributed by atoms with Crippen LogP contribution in [0.3, 0.4) is 0 Å². The molecule has 0 unspecified atom stereocenters. The van der Waals surface area contributed by atoms with Gasteiger partial charge in [0.1, 0.15) is 0 Å². The number of aromatic nitrogens is 2. The predicted octanol–water partition coefficient (Wildman–Crippen LogP) is 4.42. The van der Waals surface area contributed by atoms with Gasteiger partial charge in [-0.3, -0.25) is 0 Å². The third-order valence-corrected chi connectivity index (χ3v) is 3.29. The van der Waals surface area contributed by atoms with Crippen molar-refractivity contribution in [2.24, 2.45) is 0 Å². The third kappa shape index (κ3) is 2.93. The van der Waals surface area contributed by atoms with Gasteiger partial charge in [-0.1, -0.05) is 22.9 Å². The van der Waals surface area contributed by atoms with Crippen molar-refractivity contribution < 1.29 is 0 Å². The van der Waals surface area contributed by atoms with Crippen molar-refractivity contribution >= 4 is 27.6 Å². The molecule has 18 heavy (non-hydrogen) atoms. The smallest absolute Gasteiger partial charge is 0.207 e. The molecule has 0 saturated carbocycles. The maximum Gasteiger partial charge on any atom is 0.207 e. The van der Waals surface area contributed by atoms with Crippen LogP contribution in [0, 0.1) is 13.8 Å². The van der Waals surface area contributed by atoms with E-state index >= 15 is 0 Å². The summed E-state index contributed by atoms with van der Waals surface area (Å²) in [6.45, 7) is 7.27. The summed E-state index contributed by atoms with van der Waals surface area (Å²) in [4.78, 5) is 4.53. The van der Waals surface area contributed by atoms with Crippen molar-refractivity contribution in [1.82, 2.24) is 9.55 Å². The predicted molar refractivity (Wildman–Crippen MR) is 79.4 cm³/mol. The first kappa shape index (κ1) is 13.1. The lowest BCUT2D eigenvalue weighted by molar-refractivity contribution is 0.686. The molecule has 3 nitrogen and oxygen atoms in total. The van der Waals surface area contributed by atoms with Crippen molar-refractivity contribution in [3.05, 3.63) is 40.1 Å². The van der Waals surface area contributed by atoms with Crippen molar-refractivity contribution in [3.8, 4) is 0 Å². The fourth-order valence-corrected chi connectivity index (χ4v) is 2.42. The molecule has 0 aliphatic carbocycles. The molecule has 0 aliphatic heterocycles. The van der Waals surface area contributed by atoms with E-state index in [9.17, 15) is 0 Å². The Kier molecular flexibility index (Phi) is 4.07. The van der Waals surface area contributed by atoms with E-state index in [1.54, 1.807) is 0 Å². The molecular formula is C14H18BrN3. The topological polar surface area (TPSA) is 29.9 Å². The minimum absolute atomic E-state index is 0.916. The molecular weight excluding hydrogens is 290 g/mol. The van der Waals surface area contributed by atoms with Crippen molar-refractivity contribution in [3.63, 3.8) is 0 Å². The number of hydrogen-bond acceptors (Lipinski definition) is 2. The summed E-state index contributed by atoms with van der Waals surface area (Å²) in [7, 11) is 0. The van der Waals surface area contributed by atoms with Gasteiger partial charge in [0.05, 0.1) is 5.69 Å². The summed E-state index contributed by atoms with van der Waals surface area (Å²) in [6.07, 6.45) is 3.18. The second kappa shape index (κ2) is 5.57. The van der Waals surface area contributed by atoms with E-state index < -0.39 is 0 Å². The Morgan fingerprint density at radius 1 is 1.33 bits per heavy atom. The van der Waals surface area contributed by atoms with Gasteiger partial charge in [-0.15, -0.1) is 0 Å². The van der Waals surface area contributed by atoms with Crippen LogP contribution in [0.5, 0.6) is 0 Å². The van der Waals surface area contributed by atoms with Crippen LogP contribution in [0.1, 0.15) is 24.6 Å². The average molecular weight is 308 g/mol. The van der Waals surface area contributed by atoms with E-state index in [-0.39, 0.29) is 0 Å². The zero-order chi connectivity index (χ0) is 13.1. The maximum atomic E-state index is 4.53.